The van der Waals surface area contributed by atoms with Crippen LogP contribution in [0.4, 0.5) is 0 Å². The average Bonchev–Trinajstić information content (AvgIpc) is 3.66. The zero-order chi connectivity index (χ0) is 34.8. The minimum atomic E-state index is -0.0858. The maximum Gasteiger partial charge on any atom is 0.160 e. The Hall–Kier alpha value is -6.58. The van der Waals surface area contributed by atoms with E-state index in [0.717, 1.165) is 44.9 Å². The first-order chi connectivity index (χ1) is 25.5. The molecule has 0 bridgehead atoms. The van der Waals surface area contributed by atoms with Gasteiger partial charge in [0.2, 0.25) is 0 Å². The van der Waals surface area contributed by atoms with Crippen LogP contribution >= 0.6 is 0 Å². The van der Waals surface area contributed by atoms with E-state index in [4.69, 9.17) is 9.97 Å². The standard InChI is InChI=1S/C49H35N3/c1-49(2)42-17-9-6-14-38(42)39-29-26-36(30-43(39)49)45-31-44(34-12-4-3-5-13-34)50-48(51-45)35-22-20-32(21-23-35)33-24-27-37(28-25-33)52-46-18-10-7-15-40(46)41-16-8-11-19-47(41)52/h3-31H,1-2H3. The van der Waals surface area contributed by atoms with Gasteiger partial charge in [0.25, 0.3) is 0 Å². The lowest BCUT2D eigenvalue weighted by Crippen LogP contribution is -2.14. The highest BCUT2D eigenvalue weighted by Crippen LogP contribution is 2.49. The minimum absolute atomic E-state index is 0.0858. The molecule has 0 atom stereocenters. The summed E-state index contributed by atoms with van der Waals surface area (Å²) in [6.07, 6.45) is 0. The van der Waals surface area contributed by atoms with Crippen molar-refractivity contribution in [2.75, 3.05) is 0 Å². The van der Waals surface area contributed by atoms with Gasteiger partial charge >= 0.3 is 0 Å². The summed E-state index contributed by atoms with van der Waals surface area (Å²) >= 11 is 0. The lowest BCUT2D eigenvalue weighted by molar-refractivity contribution is 0.660. The highest BCUT2D eigenvalue weighted by atomic mass is 15.0. The predicted molar refractivity (Wildman–Crippen MR) is 216 cm³/mol. The van der Waals surface area contributed by atoms with E-state index in [-0.39, 0.29) is 5.41 Å². The Bertz CT molecular complexity index is 2740. The highest BCUT2D eigenvalue weighted by molar-refractivity contribution is 6.09. The number of fused-ring (bicyclic) bond motifs is 6. The van der Waals surface area contributed by atoms with Crippen molar-refractivity contribution in [1.29, 1.82) is 0 Å². The van der Waals surface area contributed by atoms with Crippen LogP contribution in [-0.2, 0) is 5.41 Å². The second-order valence-electron chi connectivity index (χ2n) is 14.3. The van der Waals surface area contributed by atoms with Crippen molar-refractivity contribution in [2.24, 2.45) is 0 Å². The van der Waals surface area contributed by atoms with Crippen LogP contribution < -0.4 is 0 Å². The molecule has 2 heterocycles. The van der Waals surface area contributed by atoms with Gasteiger partial charge in [0, 0.05) is 38.6 Å². The largest absolute Gasteiger partial charge is 0.309 e. The molecule has 1 aliphatic rings. The maximum atomic E-state index is 5.20. The zero-order valence-corrected chi connectivity index (χ0v) is 29.1. The fraction of sp³-hybridized carbons (Fsp3) is 0.0612. The number of benzene rings is 7. The van der Waals surface area contributed by atoms with Gasteiger partial charge in [-0.05, 0) is 69.8 Å². The SMILES string of the molecule is CC1(C)c2ccccc2-c2ccc(-c3cc(-c4ccccc4)nc(-c4ccc(-c5ccc(-n6c7ccccc7c7ccccc76)cc5)cc4)n3)cc21. The summed E-state index contributed by atoms with van der Waals surface area (Å²) in [5.41, 5.74) is 16.1. The van der Waals surface area contributed by atoms with Gasteiger partial charge in [-0.2, -0.15) is 0 Å². The first-order valence-electron chi connectivity index (χ1n) is 17.9. The van der Waals surface area contributed by atoms with Crippen molar-refractivity contribution < 1.29 is 0 Å². The Kier molecular flexibility index (Phi) is 6.84. The summed E-state index contributed by atoms with van der Waals surface area (Å²) < 4.78 is 2.35. The Morgan fingerprint density at radius 3 is 1.62 bits per heavy atom. The molecular formula is C49H35N3. The number of rotatable bonds is 5. The number of hydrogen-bond donors (Lipinski definition) is 0. The first kappa shape index (κ1) is 30.3. The molecule has 0 N–H and O–H groups in total. The van der Waals surface area contributed by atoms with Crippen LogP contribution in [0.3, 0.4) is 0 Å². The van der Waals surface area contributed by atoms with Gasteiger partial charge in [-0.3, -0.25) is 0 Å². The van der Waals surface area contributed by atoms with Crippen molar-refractivity contribution in [1.82, 2.24) is 14.5 Å². The van der Waals surface area contributed by atoms with Crippen LogP contribution in [0.1, 0.15) is 25.0 Å². The van der Waals surface area contributed by atoms with Crippen molar-refractivity contribution in [3.8, 4) is 61.8 Å². The van der Waals surface area contributed by atoms with Gasteiger partial charge in [-0.15, -0.1) is 0 Å². The van der Waals surface area contributed by atoms with E-state index in [1.807, 2.05) is 6.07 Å². The van der Waals surface area contributed by atoms with Gasteiger partial charge in [0.1, 0.15) is 0 Å². The zero-order valence-electron chi connectivity index (χ0n) is 29.1. The number of hydrogen-bond acceptors (Lipinski definition) is 2. The van der Waals surface area contributed by atoms with E-state index < -0.39 is 0 Å². The monoisotopic (exact) mass is 665 g/mol. The van der Waals surface area contributed by atoms with Crippen molar-refractivity contribution in [2.45, 2.75) is 19.3 Å². The molecule has 2 aromatic heterocycles. The molecule has 10 rings (SSSR count). The number of aromatic nitrogens is 3. The molecule has 0 spiro atoms. The molecule has 52 heavy (non-hydrogen) atoms. The third kappa shape index (κ3) is 4.81. The molecule has 0 saturated heterocycles. The lowest BCUT2D eigenvalue weighted by Gasteiger charge is -2.22. The van der Waals surface area contributed by atoms with Crippen LogP contribution in [0.25, 0.3) is 83.6 Å². The van der Waals surface area contributed by atoms with E-state index in [0.29, 0.717) is 5.82 Å². The van der Waals surface area contributed by atoms with Crippen molar-refractivity contribution in [3.05, 3.63) is 187 Å². The lowest BCUT2D eigenvalue weighted by atomic mass is 9.82. The van der Waals surface area contributed by atoms with Crippen LogP contribution in [0.2, 0.25) is 0 Å². The van der Waals surface area contributed by atoms with Crippen LogP contribution in [-0.4, -0.2) is 14.5 Å². The Morgan fingerprint density at radius 2 is 0.923 bits per heavy atom. The molecule has 0 fully saturated rings. The molecule has 0 unspecified atom stereocenters. The van der Waals surface area contributed by atoms with E-state index >= 15 is 0 Å². The molecular weight excluding hydrogens is 631 g/mol. The van der Waals surface area contributed by atoms with E-state index in [1.54, 1.807) is 0 Å². The molecule has 246 valence electrons. The van der Waals surface area contributed by atoms with E-state index in [9.17, 15) is 0 Å². The van der Waals surface area contributed by atoms with Gasteiger partial charge in [0.15, 0.2) is 5.82 Å². The molecule has 7 aromatic carbocycles. The second kappa shape index (κ2) is 11.8. The van der Waals surface area contributed by atoms with E-state index in [1.165, 1.54) is 44.1 Å². The summed E-state index contributed by atoms with van der Waals surface area (Å²) in [5, 5.41) is 2.54. The molecule has 0 aliphatic heterocycles. The second-order valence-corrected chi connectivity index (χ2v) is 14.3. The summed E-state index contributed by atoms with van der Waals surface area (Å²) in [5.74, 6) is 0.715. The Labute approximate surface area is 303 Å². The third-order valence-corrected chi connectivity index (χ3v) is 10.9. The summed E-state index contributed by atoms with van der Waals surface area (Å²) in [4.78, 5) is 10.3. The van der Waals surface area contributed by atoms with Crippen LogP contribution in [0.15, 0.2) is 176 Å². The number of nitrogens with zero attached hydrogens (tertiary/aromatic N) is 3. The minimum Gasteiger partial charge on any atom is -0.309 e. The maximum absolute atomic E-state index is 5.20. The van der Waals surface area contributed by atoms with Gasteiger partial charge in [-0.1, -0.05) is 153 Å². The smallest absolute Gasteiger partial charge is 0.160 e. The molecule has 0 saturated carbocycles. The molecule has 3 nitrogen and oxygen atoms in total. The highest BCUT2D eigenvalue weighted by Gasteiger charge is 2.35. The molecule has 0 amide bonds. The van der Waals surface area contributed by atoms with Crippen molar-refractivity contribution in [3.63, 3.8) is 0 Å². The predicted octanol–water partition coefficient (Wildman–Crippen LogP) is 12.5. The topological polar surface area (TPSA) is 30.7 Å². The molecule has 3 heteroatoms. The first-order valence-corrected chi connectivity index (χ1v) is 17.9. The third-order valence-electron chi connectivity index (χ3n) is 10.9. The summed E-state index contributed by atoms with van der Waals surface area (Å²) in [7, 11) is 0. The van der Waals surface area contributed by atoms with Crippen LogP contribution in [0, 0.1) is 0 Å². The normalized spacial score (nSPS) is 13.0. The summed E-state index contributed by atoms with van der Waals surface area (Å²) in [6.45, 7) is 4.64. The van der Waals surface area contributed by atoms with Gasteiger partial charge in [-0.25, -0.2) is 9.97 Å². The van der Waals surface area contributed by atoms with Crippen molar-refractivity contribution >= 4 is 21.8 Å². The Balaban J connectivity index is 1.01. The van der Waals surface area contributed by atoms with Crippen LogP contribution in [0.5, 0.6) is 0 Å². The fourth-order valence-corrected chi connectivity index (χ4v) is 8.16. The molecule has 1 aliphatic carbocycles. The molecule has 9 aromatic rings. The van der Waals surface area contributed by atoms with Gasteiger partial charge < -0.3 is 4.57 Å². The summed E-state index contributed by atoms with van der Waals surface area (Å²) in [6, 6.07) is 62.9. The van der Waals surface area contributed by atoms with Gasteiger partial charge in [0.05, 0.1) is 22.4 Å². The molecule has 0 radical (unpaired) electrons. The fourth-order valence-electron chi connectivity index (χ4n) is 8.16. The quantitative estimate of drug-likeness (QED) is 0.183. The Morgan fingerprint density at radius 1 is 0.404 bits per heavy atom. The number of para-hydroxylation sites is 2. The van der Waals surface area contributed by atoms with E-state index in [2.05, 4.69) is 188 Å². The average molecular weight is 666 g/mol.